The van der Waals surface area contributed by atoms with Crippen LogP contribution >= 0.6 is 0 Å². The Morgan fingerprint density at radius 3 is 3.16 bits per heavy atom. The number of rotatable bonds is 3. The lowest BCUT2D eigenvalue weighted by Crippen LogP contribution is -2.29. The average Bonchev–Trinajstić information content (AvgIpc) is 2.90. The first-order valence-electron chi connectivity index (χ1n) is 7.07. The lowest BCUT2D eigenvalue weighted by Gasteiger charge is -2.14. The van der Waals surface area contributed by atoms with E-state index in [0.29, 0.717) is 12.2 Å². The molecule has 0 unspecified atom stereocenters. The van der Waals surface area contributed by atoms with E-state index in [1.54, 1.807) is 0 Å². The first-order chi connectivity index (χ1) is 9.34. The van der Waals surface area contributed by atoms with Crippen LogP contribution < -0.4 is 10.6 Å². The molecule has 2 aliphatic rings. The van der Waals surface area contributed by atoms with Crippen LogP contribution in [0.1, 0.15) is 47.4 Å². The number of nitrogens with one attached hydrogen (secondary N) is 3. The molecule has 3 rings (SSSR count). The average molecular weight is 260 g/mol. The Hall–Kier alpha value is -1.62. The molecule has 5 nitrogen and oxygen atoms in total. The summed E-state index contributed by atoms with van der Waals surface area (Å²) < 4.78 is 0. The van der Waals surface area contributed by atoms with Crippen molar-refractivity contribution in [2.45, 2.75) is 38.6 Å². The molecule has 1 amide bonds. The monoisotopic (exact) mass is 260 g/mol. The Balaban J connectivity index is 1.64. The first-order valence-corrected chi connectivity index (χ1v) is 7.07. The predicted octanol–water partition coefficient (Wildman–Crippen LogP) is 1.29. The van der Waals surface area contributed by atoms with Gasteiger partial charge in [0.2, 0.25) is 0 Å². The molecule has 0 saturated carbocycles. The van der Waals surface area contributed by atoms with E-state index >= 15 is 0 Å². The summed E-state index contributed by atoms with van der Waals surface area (Å²) in [5.74, 6) is -0.0501. The summed E-state index contributed by atoms with van der Waals surface area (Å²) in [5.41, 5.74) is 4.06. The number of aromatic amines is 1. The van der Waals surface area contributed by atoms with E-state index in [0.717, 1.165) is 43.6 Å². The summed E-state index contributed by atoms with van der Waals surface area (Å²) in [6.07, 6.45) is 7.91. The number of allylic oxidation sites excluding steroid dienone is 1. The SMILES string of the molecule is O=C(NCC1=CCCCC1)c1n[nH]c2c1CCNC2. The van der Waals surface area contributed by atoms with Gasteiger partial charge in [-0.3, -0.25) is 9.89 Å². The molecule has 0 saturated heterocycles. The zero-order chi connectivity index (χ0) is 13.1. The number of fused-ring (bicyclic) bond motifs is 1. The number of nitrogens with zero attached hydrogens (tertiary/aromatic N) is 1. The molecule has 2 heterocycles. The Morgan fingerprint density at radius 1 is 1.37 bits per heavy atom. The normalized spacial score (nSPS) is 18.6. The molecule has 0 fully saturated rings. The van der Waals surface area contributed by atoms with Gasteiger partial charge in [0.1, 0.15) is 0 Å². The van der Waals surface area contributed by atoms with E-state index in [-0.39, 0.29) is 5.91 Å². The molecule has 5 heteroatoms. The number of carbonyl (C=O) groups excluding carboxylic acids is 1. The summed E-state index contributed by atoms with van der Waals surface area (Å²) in [5, 5.41) is 13.4. The quantitative estimate of drug-likeness (QED) is 0.717. The fourth-order valence-corrected chi connectivity index (χ4v) is 2.77. The van der Waals surface area contributed by atoms with Crippen LogP contribution in [-0.4, -0.2) is 29.2 Å². The second-order valence-corrected chi connectivity index (χ2v) is 5.25. The minimum Gasteiger partial charge on any atom is -0.347 e. The molecule has 0 spiro atoms. The van der Waals surface area contributed by atoms with E-state index in [2.05, 4.69) is 26.9 Å². The van der Waals surface area contributed by atoms with Crippen molar-refractivity contribution in [3.63, 3.8) is 0 Å². The van der Waals surface area contributed by atoms with Gasteiger partial charge in [0, 0.05) is 18.7 Å². The molecular weight excluding hydrogens is 240 g/mol. The number of hydrogen-bond donors (Lipinski definition) is 3. The number of amides is 1. The van der Waals surface area contributed by atoms with Crippen LogP contribution in [0.2, 0.25) is 0 Å². The molecule has 102 valence electrons. The van der Waals surface area contributed by atoms with E-state index in [9.17, 15) is 4.79 Å². The molecule has 19 heavy (non-hydrogen) atoms. The summed E-state index contributed by atoms with van der Waals surface area (Å²) in [6, 6.07) is 0. The second-order valence-electron chi connectivity index (χ2n) is 5.25. The molecule has 1 aliphatic heterocycles. The van der Waals surface area contributed by atoms with E-state index in [1.807, 2.05) is 0 Å². The third kappa shape index (κ3) is 2.71. The predicted molar refractivity (Wildman–Crippen MR) is 72.9 cm³/mol. The van der Waals surface area contributed by atoms with Crippen LogP contribution in [0.5, 0.6) is 0 Å². The number of aromatic nitrogens is 2. The van der Waals surface area contributed by atoms with Crippen molar-refractivity contribution in [3.05, 3.63) is 28.6 Å². The van der Waals surface area contributed by atoms with Gasteiger partial charge in [0.05, 0.1) is 5.69 Å². The highest BCUT2D eigenvalue weighted by atomic mass is 16.1. The molecule has 0 bridgehead atoms. The second kappa shape index (κ2) is 5.57. The van der Waals surface area contributed by atoms with E-state index in [1.165, 1.54) is 18.4 Å². The largest absolute Gasteiger partial charge is 0.347 e. The van der Waals surface area contributed by atoms with Crippen molar-refractivity contribution in [1.82, 2.24) is 20.8 Å². The van der Waals surface area contributed by atoms with Crippen LogP contribution in [0.15, 0.2) is 11.6 Å². The van der Waals surface area contributed by atoms with Gasteiger partial charge in [0.15, 0.2) is 5.69 Å². The first kappa shape index (κ1) is 12.4. The highest BCUT2D eigenvalue weighted by Crippen LogP contribution is 2.17. The fourth-order valence-electron chi connectivity index (χ4n) is 2.77. The van der Waals surface area contributed by atoms with Gasteiger partial charge in [-0.05, 0) is 38.6 Å². The third-order valence-corrected chi connectivity index (χ3v) is 3.88. The summed E-state index contributed by atoms with van der Waals surface area (Å²) in [7, 11) is 0. The Labute approximate surface area is 112 Å². The van der Waals surface area contributed by atoms with Crippen molar-refractivity contribution < 1.29 is 4.79 Å². The van der Waals surface area contributed by atoms with Crippen molar-refractivity contribution >= 4 is 5.91 Å². The summed E-state index contributed by atoms with van der Waals surface area (Å²) >= 11 is 0. The smallest absolute Gasteiger partial charge is 0.272 e. The lowest BCUT2D eigenvalue weighted by molar-refractivity contribution is 0.0950. The van der Waals surface area contributed by atoms with Gasteiger partial charge in [-0.1, -0.05) is 11.6 Å². The summed E-state index contributed by atoms with van der Waals surface area (Å²) in [6.45, 7) is 2.36. The third-order valence-electron chi connectivity index (χ3n) is 3.88. The summed E-state index contributed by atoms with van der Waals surface area (Å²) in [4.78, 5) is 12.2. The zero-order valence-electron chi connectivity index (χ0n) is 11.1. The van der Waals surface area contributed by atoms with Gasteiger partial charge >= 0.3 is 0 Å². The minimum atomic E-state index is -0.0501. The number of H-pyrrole nitrogens is 1. The maximum absolute atomic E-state index is 12.2. The molecule has 3 N–H and O–H groups in total. The van der Waals surface area contributed by atoms with Gasteiger partial charge < -0.3 is 10.6 Å². The van der Waals surface area contributed by atoms with Crippen LogP contribution in [0, 0.1) is 0 Å². The number of hydrogen-bond acceptors (Lipinski definition) is 3. The molecule has 1 aromatic heterocycles. The van der Waals surface area contributed by atoms with Crippen molar-refractivity contribution in [1.29, 1.82) is 0 Å². The highest BCUT2D eigenvalue weighted by Gasteiger charge is 2.21. The number of carbonyl (C=O) groups is 1. The van der Waals surface area contributed by atoms with Crippen LogP contribution in [0.4, 0.5) is 0 Å². The maximum atomic E-state index is 12.2. The van der Waals surface area contributed by atoms with Crippen LogP contribution in [0.3, 0.4) is 0 Å². The molecule has 0 radical (unpaired) electrons. The minimum absolute atomic E-state index is 0.0501. The molecule has 1 aromatic rings. The van der Waals surface area contributed by atoms with Crippen LogP contribution in [0.25, 0.3) is 0 Å². The van der Waals surface area contributed by atoms with Crippen molar-refractivity contribution in [2.24, 2.45) is 0 Å². The Morgan fingerprint density at radius 2 is 2.32 bits per heavy atom. The van der Waals surface area contributed by atoms with Gasteiger partial charge in [-0.25, -0.2) is 0 Å². The molecule has 0 aromatic carbocycles. The Kier molecular flexibility index (Phi) is 3.64. The fraction of sp³-hybridized carbons (Fsp3) is 0.571. The highest BCUT2D eigenvalue weighted by molar-refractivity contribution is 5.94. The maximum Gasteiger partial charge on any atom is 0.272 e. The lowest BCUT2D eigenvalue weighted by atomic mass is 9.99. The van der Waals surface area contributed by atoms with Crippen molar-refractivity contribution in [3.8, 4) is 0 Å². The standard InChI is InChI=1S/C14H20N4O/c19-14(16-8-10-4-2-1-3-5-10)13-11-6-7-15-9-12(11)17-18-13/h4,15H,1-3,5-9H2,(H,16,19)(H,17,18). The Bertz CT molecular complexity index is 504. The molecule has 0 atom stereocenters. The van der Waals surface area contributed by atoms with Gasteiger partial charge in [-0.15, -0.1) is 0 Å². The topological polar surface area (TPSA) is 69.8 Å². The van der Waals surface area contributed by atoms with Gasteiger partial charge in [0.25, 0.3) is 5.91 Å². The molecule has 1 aliphatic carbocycles. The van der Waals surface area contributed by atoms with E-state index < -0.39 is 0 Å². The zero-order valence-corrected chi connectivity index (χ0v) is 11.1. The van der Waals surface area contributed by atoms with Crippen LogP contribution in [-0.2, 0) is 13.0 Å². The molecular formula is C14H20N4O. The van der Waals surface area contributed by atoms with Gasteiger partial charge in [-0.2, -0.15) is 5.10 Å². The van der Waals surface area contributed by atoms with E-state index in [4.69, 9.17) is 0 Å². The van der Waals surface area contributed by atoms with Crippen molar-refractivity contribution in [2.75, 3.05) is 13.1 Å².